The summed E-state index contributed by atoms with van der Waals surface area (Å²) < 4.78 is 29.6. The van der Waals surface area contributed by atoms with Gasteiger partial charge in [-0.1, -0.05) is 0 Å². The number of fused-ring (bicyclic) bond motifs is 1. The van der Waals surface area contributed by atoms with Gasteiger partial charge in [0.2, 0.25) is 15.9 Å². The molecule has 6 nitrogen and oxygen atoms in total. The molecule has 0 atom stereocenters. The molecular weight excluding hydrogens is 292 g/mol. The SMILES string of the molecule is COc1ccc2c(c1)CCCN2C(=O)CCNS(C)(=O)=O. The first-order valence-electron chi connectivity index (χ1n) is 6.82. The van der Waals surface area contributed by atoms with E-state index in [4.69, 9.17) is 4.74 Å². The van der Waals surface area contributed by atoms with Crippen molar-refractivity contribution >= 4 is 21.6 Å². The van der Waals surface area contributed by atoms with E-state index in [1.807, 2.05) is 18.2 Å². The van der Waals surface area contributed by atoms with Gasteiger partial charge < -0.3 is 9.64 Å². The highest BCUT2D eigenvalue weighted by Gasteiger charge is 2.22. The number of rotatable bonds is 5. The minimum Gasteiger partial charge on any atom is -0.497 e. The molecule has 1 aliphatic heterocycles. The molecule has 2 rings (SSSR count). The van der Waals surface area contributed by atoms with Crippen molar-refractivity contribution in [2.75, 3.05) is 31.4 Å². The van der Waals surface area contributed by atoms with Crippen LogP contribution in [0.5, 0.6) is 5.75 Å². The topological polar surface area (TPSA) is 75.7 Å². The number of amides is 1. The number of anilines is 1. The van der Waals surface area contributed by atoms with E-state index in [0.717, 1.165) is 36.1 Å². The van der Waals surface area contributed by atoms with Crippen LogP contribution in [0.3, 0.4) is 0 Å². The van der Waals surface area contributed by atoms with Crippen LogP contribution in [0.15, 0.2) is 18.2 Å². The summed E-state index contributed by atoms with van der Waals surface area (Å²) >= 11 is 0. The van der Waals surface area contributed by atoms with Crippen LogP contribution in [-0.4, -0.2) is 40.8 Å². The fourth-order valence-corrected chi connectivity index (χ4v) is 2.91. The molecule has 1 N–H and O–H groups in total. The molecule has 1 amide bonds. The summed E-state index contributed by atoms with van der Waals surface area (Å²) in [5.41, 5.74) is 1.98. The van der Waals surface area contributed by atoms with Gasteiger partial charge in [-0.25, -0.2) is 13.1 Å². The average Bonchev–Trinajstić information content (AvgIpc) is 2.44. The number of hydrogen-bond acceptors (Lipinski definition) is 4. The molecule has 1 aromatic carbocycles. The predicted octanol–water partition coefficient (Wildman–Crippen LogP) is 0.914. The predicted molar refractivity (Wildman–Crippen MR) is 81.1 cm³/mol. The molecule has 116 valence electrons. The monoisotopic (exact) mass is 312 g/mol. The Hall–Kier alpha value is -1.60. The first-order chi connectivity index (χ1) is 9.90. The molecule has 21 heavy (non-hydrogen) atoms. The molecule has 0 aliphatic carbocycles. The third kappa shape index (κ3) is 4.18. The molecule has 0 unspecified atom stereocenters. The summed E-state index contributed by atoms with van der Waals surface area (Å²) in [6.45, 7) is 0.788. The molecule has 0 aromatic heterocycles. The van der Waals surface area contributed by atoms with E-state index in [2.05, 4.69) is 4.72 Å². The molecule has 0 bridgehead atoms. The largest absolute Gasteiger partial charge is 0.497 e. The summed E-state index contributed by atoms with van der Waals surface area (Å²) in [7, 11) is -1.64. The van der Waals surface area contributed by atoms with Crippen LogP contribution in [0.25, 0.3) is 0 Å². The Morgan fingerprint density at radius 2 is 2.19 bits per heavy atom. The van der Waals surface area contributed by atoms with Crippen molar-refractivity contribution in [3.63, 3.8) is 0 Å². The van der Waals surface area contributed by atoms with Crippen molar-refractivity contribution in [1.82, 2.24) is 4.72 Å². The highest BCUT2D eigenvalue weighted by atomic mass is 32.2. The minimum atomic E-state index is -3.26. The fraction of sp³-hybridized carbons (Fsp3) is 0.500. The second kappa shape index (κ2) is 6.44. The number of aryl methyl sites for hydroxylation is 1. The van der Waals surface area contributed by atoms with Gasteiger partial charge in [0, 0.05) is 25.2 Å². The number of hydrogen-bond donors (Lipinski definition) is 1. The molecule has 7 heteroatoms. The molecule has 0 saturated carbocycles. The molecule has 1 heterocycles. The number of nitrogens with one attached hydrogen (secondary N) is 1. The van der Waals surface area contributed by atoms with Gasteiger partial charge >= 0.3 is 0 Å². The molecular formula is C14H20N2O4S. The summed E-state index contributed by atoms with van der Waals surface area (Å²) in [6, 6.07) is 5.66. The second-order valence-corrected chi connectivity index (χ2v) is 6.89. The summed E-state index contributed by atoms with van der Waals surface area (Å²) in [6.07, 6.45) is 3.04. The molecule has 0 fully saturated rings. The van der Waals surface area contributed by atoms with Crippen LogP contribution in [0.1, 0.15) is 18.4 Å². The van der Waals surface area contributed by atoms with E-state index in [9.17, 15) is 13.2 Å². The van der Waals surface area contributed by atoms with E-state index in [1.165, 1.54) is 0 Å². The number of carbonyl (C=O) groups excluding carboxylic acids is 1. The lowest BCUT2D eigenvalue weighted by Crippen LogP contribution is -2.37. The van der Waals surface area contributed by atoms with Gasteiger partial charge in [-0.15, -0.1) is 0 Å². The van der Waals surface area contributed by atoms with Crippen LogP contribution < -0.4 is 14.4 Å². The summed E-state index contributed by atoms with van der Waals surface area (Å²) in [5, 5.41) is 0. The van der Waals surface area contributed by atoms with E-state index in [-0.39, 0.29) is 18.9 Å². The Balaban J connectivity index is 2.07. The Labute approximate surface area is 125 Å². The lowest BCUT2D eigenvalue weighted by molar-refractivity contribution is -0.118. The Kier molecular flexibility index (Phi) is 4.84. The Morgan fingerprint density at radius 1 is 1.43 bits per heavy atom. The highest BCUT2D eigenvalue weighted by molar-refractivity contribution is 7.88. The first-order valence-corrected chi connectivity index (χ1v) is 8.72. The highest BCUT2D eigenvalue weighted by Crippen LogP contribution is 2.30. The van der Waals surface area contributed by atoms with Crippen LogP contribution >= 0.6 is 0 Å². The second-order valence-electron chi connectivity index (χ2n) is 5.06. The van der Waals surface area contributed by atoms with E-state index in [1.54, 1.807) is 12.0 Å². The van der Waals surface area contributed by atoms with Gasteiger partial charge in [0.05, 0.1) is 13.4 Å². The fourth-order valence-electron chi connectivity index (χ4n) is 2.44. The number of methoxy groups -OCH3 is 1. The smallest absolute Gasteiger partial charge is 0.228 e. The van der Waals surface area contributed by atoms with Crippen LogP contribution in [0.2, 0.25) is 0 Å². The third-order valence-corrected chi connectivity index (χ3v) is 4.14. The lowest BCUT2D eigenvalue weighted by atomic mass is 10.0. The van der Waals surface area contributed by atoms with E-state index >= 15 is 0 Å². The van der Waals surface area contributed by atoms with Crippen molar-refractivity contribution in [2.24, 2.45) is 0 Å². The van der Waals surface area contributed by atoms with Crippen molar-refractivity contribution in [3.05, 3.63) is 23.8 Å². The molecule has 0 spiro atoms. The molecule has 0 saturated heterocycles. The van der Waals surface area contributed by atoms with Crippen molar-refractivity contribution in [3.8, 4) is 5.75 Å². The number of sulfonamides is 1. The zero-order chi connectivity index (χ0) is 15.5. The van der Waals surface area contributed by atoms with E-state index < -0.39 is 10.0 Å². The molecule has 1 aromatic rings. The zero-order valence-corrected chi connectivity index (χ0v) is 13.1. The van der Waals surface area contributed by atoms with E-state index in [0.29, 0.717) is 6.54 Å². The quantitative estimate of drug-likeness (QED) is 0.877. The summed E-state index contributed by atoms with van der Waals surface area (Å²) in [4.78, 5) is 14.0. The molecule has 0 radical (unpaired) electrons. The van der Waals surface area contributed by atoms with Gasteiger partial charge in [-0.2, -0.15) is 0 Å². The van der Waals surface area contributed by atoms with Crippen molar-refractivity contribution in [1.29, 1.82) is 0 Å². The van der Waals surface area contributed by atoms with Gasteiger partial charge in [0.25, 0.3) is 0 Å². The standard InChI is InChI=1S/C14H20N2O4S/c1-20-12-5-6-13-11(10-12)4-3-9-16(13)14(17)7-8-15-21(2,18)19/h5-6,10,15H,3-4,7-9H2,1-2H3. The third-order valence-electron chi connectivity index (χ3n) is 3.41. The van der Waals surface area contributed by atoms with Gasteiger partial charge in [0.1, 0.15) is 5.75 Å². The number of ether oxygens (including phenoxy) is 1. The number of benzene rings is 1. The van der Waals surface area contributed by atoms with Gasteiger partial charge in [0.15, 0.2) is 0 Å². The minimum absolute atomic E-state index is 0.0720. The number of carbonyl (C=O) groups is 1. The van der Waals surface area contributed by atoms with Gasteiger partial charge in [-0.05, 0) is 36.6 Å². The van der Waals surface area contributed by atoms with Crippen molar-refractivity contribution in [2.45, 2.75) is 19.3 Å². The van der Waals surface area contributed by atoms with Gasteiger partial charge in [-0.3, -0.25) is 4.79 Å². The maximum atomic E-state index is 12.3. The Bertz CT molecular complexity index is 628. The number of nitrogens with zero attached hydrogens (tertiary/aromatic N) is 1. The van der Waals surface area contributed by atoms with Crippen LogP contribution in [-0.2, 0) is 21.2 Å². The lowest BCUT2D eigenvalue weighted by Gasteiger charge is -2.30. The first kappa shape index (κ1) is 15.8. The van der Waals surface area contributed by atoms with Crippen molar-refractivity contribution < 1.29 is 17.9 Å². The maximum absolute atomic E-state index is 12.3. The zero-order valence-electron chi connectivity index (χ0n) is 12.3. The Morgan fingerprint density at radius 3 is 2.86 bits per heavy atom. The maximum Gasteiger partial charge on any atom is 0.228 e. The van der Waals surface area contributed by atoms with Crippen LogP contribution in [0, 0.1) is 0 Å². The normalized spacial score (nSPS) is 14.7. The average molecular weight is 312 g/mol. The molecule has 1 aliphatic rings. The summed E-state index contributed by atoms with van der Waals surface area (Å²) in [5.74, 6) is 0.707. The van der Waals surface area contributed by atoms with Crippen LogP contribution in [0.4, 0.5) is 5.69 Å².